The summed E-state index contributed by atoms with van der Waals surface area (Å²) in [6.45, 7) is 3.68. The zero-order chi connectivity index (χ0) is 13.9. The van der Waals surface area contributed by atoms with Crippen LogP contribution in [0.25, 0.3) is 0 Å². The van der Waals surface area contributed by atoms with Gasteiger partial charge in [-0.1, -0.05) is 29.8 Å². The van der Waals surface area contributed by atoms with Crippen LogP contribution < -0.4 is 0 Å². The molecule has 0 fully saturated rings. The van der Waals surface area contributed by atoms with Gasteiger partial charge in [0.25, 0.3) is 0 Å². The van der Waals surface area contributed by atoms with Crippen LogP contribution in [0, 0.1) is 6.92 Å². The lowest BCUT2D eigenvalue weighted by Gasteiger charge is -2.27. The quantitative estimate of drug-likeness (QED) is 0.913. The molecule has 1 amide bonds. The molecule has 0 aliphatic carbocycles. The first-order chi connectivity index (χ1) is 9.72. The molecule has 0 radical (unpaired) electrons. The number of nitrogens with zero attached hydrogens (tertiary/aromatic N) is 1. The highest BCUT2D eigenvalue weighted by molar-refractivity contribution is 5.76. The molecule has 0 unspecified atom stereocenters. The Labute approximate surface area is 119 Å². The molecule has 0 bridgehead atoms. The third kappa shape index (κ3) is 2.77. The fraction of sp³-hybridized carbons (Fsp3) is 0.353. The van der Waals surface area contributed by atoms with Crippen molar-refractivity contribution in [1.82, 2.24) is 9.88 Å². The molecular weight excluding hydrogens is 248 g/mol. The standard InChI is InChI=1S/C17H20N2O/c1-13-3-2-4-14(11-13)5-6-17(20)19-10-8-16-15(12-19)7-9-18-16/h2-4,7,9,11,18H,5-6,8,10,12H2,1H3. The van der Waals surface area contributed by atoms with Gasteiger partial charge in [0.05, 0.1) is 0 Å². The van der Waals surface area contributed by atoms with E-state index in [1.165, 1.54) is 22.4 Å². The first kappa shape index (κ1) is 13.0. The Morgan fingerprint density at radius 1 is 1.35 bits per heavy atom. The van der Waals surface area contributed by atoms with Crippen LogP contribution in [0.5, 0.6) is 0 Å². The number of aryl methyl sites for hydroxylation is 2. The van der Waals surface area contributed by atoms with Crippen LogP contribution in [0.3, 0.4) is 0 Å². The van der Waals surface area contributed by atoms with Gasteiger partial charge in [-0.25, -0.2) is 0 Å². The minimum Gasteiger partial charge on any atom is -0.365 e. The highest BCUT2D eigenvalue weighted by atomic mass is 16.2. The van der Waals surface area contributed by atoms with Gasteiger partial charge in [0.1, 0.15) is 0 Å². The molecule has 3 rings (SSSR count). The molecule has 1 N–H and O–H groups in total. The van der Waals surface area contributed by atoms with Crippen molar-refractivity contribution in [2.75, 3.05) is 6.54 Å². The highest BCUT2D eigenvalue weighted by Gasteiger charge is 2.20. The SMILES string of the molecule is Cc1cccc(CCC(=O)N2CCc3[nH]ccc3C2)c1. The molecule has 2 heterocycles. The van der Waals surface area contributed by atoms with Gasteiger partial charge in [0, 0.05) is 37.8 Å². The van der Waals surface area contributed by atoms with Crippen molar-refractivity contribution in [3.63, 3.8) is 0 Å². The first-order valence-corrected chi connectivity index (χ1v) is 7.21. The summed E-state index contributed by atoms with van der Waals surface area (Å²) in [5.74, 6) is 0.262. The van der Waals surface area contributed by atoms with Crippen molar-refractivity contribution in [3.8, 4) is 0 Å². The van der Waals surface area contributed by atoms with Gasteiger partial charge in [-0.3, -0.25) is 4.79 Å². The number of aromatic amines is 1. The number of amides is 1. The molecule has 104 valence electrons. The lowest BCUT2D eigenvalue weighted by Crippen LogP contribution is -2.35. The first-order valence-electron chi connectivity index (χ1n) is 7.21. The van der Waals surface area contributed by atoms with E-state index < -0.39 is 0 Å². The summed E-state index contributed by atoms with van der Waals surface area (Å²) in [4.78, 5) is 17.5. The Hall–Kier alpha value is -2.03. The van der Waals surface area contributed by atoms with E-state index in [9.17, 15) is 4.79 Å². The number of fused-ring (bicyclic) bond motifs is 1. The molecule has 0 spiro atoms. The average Bonchev–Trinajstić information content (AvgIpc) is 2.92. The smallest absolute Gasteiger partial charge is 0.223 e. The maximum Gasteiger partial charge on any atom is 0.223 e. The zero-order valence-corrected chi connectivity index (χ0v) is 11.9. The maximum atomic E-state index is 12.3. The van der Waals surface area contributed by atoms with Crippen LogP contribution >= 0.6 is 0 Å². The Balaban J connectivity index is 1.58. The number of benzene rings is 1. The van der Waals surface area contributed by atoms with E-state index in [1.807, 2.05) is 11.1 Å². The Bertz CT molecular complexity index is 615. The Morgan fingerprint density at radius 2 is 2.25 bits per heavy atom. The summed E-state index contributed by atoms with van der Waals surface area (Å²) in [7, 11) is 0. The molecule has 1 aromatic carbocycles. The summed E-state index contributed by atoms with van der Waals surface area (Å²) in [5, 5.41) is 0. The monoisotopic (exact) mass is 268 g/mol. The van der Waals surface area contributed by atoms with Gasteiger partial charge in [-0.05, 0) is 30.5 Å². The van der Waals surface area contributed by atoms with Crippen LogP contribution in [0.4, 0.5) is 0 Å². The molecule has 2 aromatic rings. The summed E-state index contributed by atoms with van der Waals surface area (Å²) < 4.78 is 0. The molecule has 1 aromatic heterocycles. The predicted octanol–water partition coefficient (Wildman–Crippen LogP) is 2.84. The van der Waals surface area contributed by atoms with Crippen molar-refractivity contribution < 1.29 is 4.79 Å². The van der Waals surface area contributed by atoms with E-state index in [1.54, 1.807) is 0 Å². The molecule has 20 heavy (non-hydrogen) atoms. The van der Waals surface area contributed by atoms with E-state index in [0.717, 1.165) is 25.9 Å². The number of nitrogens with one attached hydrogen (secondary N) is 1. The lowest BCUT2D eigenvalue weighted by atomic mass is 10.0. The number of carbonyl (C=O) groups is 1. The van der Waals surface area contributed by atoms with Gasteiger partial charge < -0.3 is 9.88 Å². The summed E-state index contributed by atoms with van der Waals surface area (Å²) in [6.07, 6.45) is 4.34. The summed E-state index contributed by atoms with van der Waals surface area (Å²) >= 11 is 0. The largest absolute Gasteiger partial charge is 0.365 e. The third-order valence-electron chi connectivity index (χ3n) is 3.99. The van der Waals surface area contributed by atoms with E-state index in [0.29, 0.717) is 6.42 Å². The molecule has 0 atom stereocenters. The van der Waals surface area contributed by atoms with Crippen molar-refractivity contribution >= 4 is 5.91 Å². The van der Waals surface area contributed by atoms with Crippen LogP contribution in [0.15, 0.2) is 36.5 Å². The fourth-order valence-corrected chi connectivity index (χ4v) is 2.84. The van der Waals surface area contributed by atoms with E-state index in [2.05, 4.69) is 42.2 Å². The second-order valence-corrected chi connectivity index (χ2v) is 5.54. The highest BCUT2D eigenvalue weighted by Crippen LogP contribution is 2.18. The van der Waals surface area contributed by atoms with Gasteiger partial charge in [0.2, 0.25) is 5.91 Å². The molecular formula is C17H20N2O. The normalized spacial score (nSPS) is 14.2. The lowest BCUT2D eigenvalue weighted by molar-refractivity contribution is -0.132. The van der Waals surface area contributed by atoms with Crippen molar-refractivity contribution in [3.05, 3.63) is 58.9 Å². The molecule has 1 aliphatic heterocycles. The molecule has 3 nitrogen and oxygen atoms in total. The summed E-state index contributed by atoms with van der Waals surface area (Å²) in [5.41, 5.74) is 5.05. The van der Waals surface area contributed by atoms with E-state index >= 15 is 0 Å². The van der Waals surface area contributed by atoms with Crippen molar-refractivity contribution in [2.24, 2.45) is 0 Å². The van der Waals surface area contributed by atoms with E-state index in [-0.39, 0.29) is 5.91 Å². The molecule has 1 aliphatic rings. The van der Waals surface area contributed by atoms with Crippen LogP contribution in [-0.4, -0.2) is 22.3 Å². The minimum absolute atomic E-state index is 0.262. The van der Waals surface area contributed by atoms with Crippen molar-refractivity contribution in [1.29, 1.82) is 0 Å². The second-order valence-electron chi connectivity index (χ2n) is 5.54. The predicted molar refractivity (Wildman–Crippen MR) is 79.4 cm³/mol. The topological polar surface area (TPSA) is 36.1 Å². The minimum atomic E-state index is 0.262. The molecule has 0 saturated carbocycles. The summed E-state index contributed by atoms with van der Waals surface area (Å²) in [6, 6.07) is 10.5. The molecule has 0 saturated heterocycles. The van der Waals surface area contributed by atoms with E-state index in [4.69, 9.17) is 0 Å². The average molecular weight is 268 g/mol. The number of hydrogen-bond acceptors (Lipinski definition) is 1. The maximum absolute atomic E-state index is 12.3. The van der Waals surface area contributed by atoms with Crippen LogP contribution in [0.2, 0.25) is 0 Å². The van der Waals surface area contributed by atoms with Gasteiger partial charge in [-0.2, -0.15) is 0 Å². The number of carbonyl (C=O) groups excluding carboxylic acids is 1. The fourth-order valence-electron chi connectivity index (χ4n) is 2.84. The number of hydrogen-bond donors (Lipinski definition) is 1. The zero-order valence-electron chi connectivity index (χ0n) is 11.9. The number of rotatable bonds is 3. The van der Waals surface area contributed by atoms with Crippen molar-refractivity contribution in [2.45, 2.75) is 32.7 Å². The van der Waals surface area contributed by atoms with Crippen LogP contribution in [-0.2, 0) is 24.2 Å². The van der Waals surface area contributed by atoms with Gasteiger partial charge >= 0.3 is 0 Å². The Morgan fingerprint density at radius 3 is 3.10 bits per heavy atom. The molecule has 3 heteroatoms. The van der Waals surface area contributed by atoms with Gasteiger partial charge in [0.15, 0.2) is 0 Å². The third-order valence-corrected chi connectivity index (χ3v) is 3.99. The van der Waals surface area contributed by atoms with Crippen LogP contribution in [0.1, 0.15) is 28.8 Å². The second kappa shape index (κ2) is 5.53. The number of aromatic nitrogens is 1. The van der Waals surface area contributed by atoms with Gasteiger partial charge in [-0.15, -0.1) is 0 Å². The Kier molecular flexibility index (Phi) is 3.59. The number of H-pyrrole nitrogens is 1.